The van der Waals surface area contributed by atoms with E-state index in [2.05, 4.69) is 4.72 Å². The maximum Gasteiger partial charge on any atom is 0.248 e. The van der Waals surface area contributed by atoms with Crippen LogP contribution in [0.5, 0.6) is 11.5 Å². The number of hydrogen-bond acceptors (Lipinski definition) is 5. The molecule has 0 unspecified atom stereocenters. The minimum atomic E-state index is -3.57. The number of amides is 1. The van der Waals surface area contributed by atoms with E-state index >= 15 is 0 Å². The molecule has 0 atom stereocenters. The van der Waals surface area contributed by atoms with Gasteiger partial charge in [-0.2, -0.15) is 4.72 Å². The van der Waals surface area contributed by atoms with Crippen molar-refractivity contribution in [1.29, 1.82) is 0 Å². The Balaban J connectivity index is 1.97. The normalized spacial score (nSPS) is 15.6. The number of primary amides is 1. The first-order chi connectivity index (χ1) is 11.4. The molecule has 0 saturated heterocycles. The highest BCUT2D eigenvalue weighted by Crippen LogP contribution is 2.33. The van der Waals surface area contributed by atoms with E-state index in [-0.39, 0.29) is 11.6 Å². The van der Waals surface area contributed by atoms with E-state index in [1.165, 1.54) is 12.1 Å². The maximum absolute atomic E-state index is 12.2. The zero-order valence-electron chi connectivity index (χ0n) is 13.0. The van der Waals surface area contributed by atoms with E-state index in [0.717, 1.165) is 0 Å². The van der Waals surface area contributed by atoms with Gasteiger partial charge in [0.2, 0.25) is 15.9 Å². The van der Waals surface area contributed by atoms with Crippen LogP contribution in [0.2, 0.25) is 0 Å². The highest BCUT2D eigenvalue weighted by atomic mass is 32.2. The summed E-state index contributed by atoms with van der Waals surface area (Å²) < 4.78 is 32.6. The number of sulfonamides is 1. The summed E-state index contributed by atoms with van der Waals surface area (Å²) in [5.41, 5.74) is 6.20. The summed E-state index contributed by atoms with van der Waals surface area (Å²) >= 11 is 0. The Labute approximate surface area is 140 Å². The zero-order chi connectivity index (χ0) is 17.3. The van der Waals surface area contributed by atoms with Crippen molar-refractivity contribution in [3.8, 4) is 11.5 Å². The predicted molar refractivity (Wildman–Crippen MR) is 89.7 cm³/mol. The van der Waals surface area contributed by atoms with Gasteiger partial charge in [0, 0.05) is 18.2 Å². The molecule has 8 heteroatoms. The van der Waals surface area contributed by atoms with Crippen LogP contribution >= 0.6 is 0 Å². The van der Waals surface area contributed by atoms with Crippen molar-refractivity contribution in [3.05, 3.63) is 48.0 Å². The monoisotopic (exact) mass is 347 g/mol. The molecule has 0 spiro atoms. The lowest BCUT2D eigenvalue weighted by molar-refractivity contribution is 0.1000. The molecule has 0 aliphatic carbocycles. The summed E-state index contributed by atoms with van der Waals surface area (Å²) in [6.07, 6.45) is 0. The Bertz CT molecular complexity index is 896. The Morgan fingerprint density at radius 1 is 1.25 bits per heavy atom. The summed E-state index contributed by atoms with van der Waals surface area (Å²) in [7, 11) is -3.57. The Hall–Kier alpha value is -2.58. The molecule has 126 valence electrons. The summed E-state index contributed by atoms with van der Waals surface area (Å²) in [6.45, 7) is 2.87. The first-order valence-corrected chi connectivity index (χ1v) is 8.85. The first-order valence-electron chi connectivity index (χ1n) is 7.37. The molecule has 0 aromatic heterocycles. The van der Waals surface area contributed by atoms with E-state index in [0.29, 0.717) is 29.3 Å². The quantitative estimate of drug-likeness (QED) is 0.876. The molecule has 0 bridgehead atoms. The van der Waals surface area contributed by atoms with Gasteiger partial charge >= 0.3 is 0 Å². The summed E-state index contributed by atoms with van der Waals surface area (Å²) in [5.74, 6) is 0.203. The Kier molecular flexibility index (Phi) is 4.16. The molecular formula is C16H17N3O4S. The lowest BCUT2D eigenvalue weighted by atomic mass is 10.2. The largest absolute Gasteiger partial charge is 0.457 e. The smallest absolute Gasteiger partial charge is 0.248 e. The number of benzene rings is 2. The molecule has 2 aromatic carbocycles. The SMILES string of the molecule is CCN1CNS(=O)(=O)c2cc(Oc3cccc(C(N)=O)c3)ccc21. The Morgan fingerprint density at radius 2 is 2.00 bits per heavy atom. The van der Waals surface area contributed by atoms with Gasteiger partial charge in [-0.3, -0.25) is 4.79 Å². The standard InChI is InChI=1S/C16H17N3O4S/c1-2-19-10-18-24(21,22)15-9-13(6-7-14(15)19)23-12-5-3-4-11(8-12)16(17)20/h3-9,18H,2,10H2,1H3,(H2,17,20). The van der Waals surface area contributed by atoms with Gasteiger partial charge < -0.3 is 15.4 Å². The van der Waals surface area contributed by atoms with E-state index in [1.54, 1.807) is 30.3 Å². The number of anilines is 1. The summed E-state index contributed by atoms with van der Waals surface area (Å²) in [5, 5.41) is 0. The molecule has 0 fully saturated rings. The van der Waals surface area contributed by atoms with Crippen molar-refractivity contribution >= 4 is 21.6 Å². The molecular weight excluding hydrogens is 330 g/mol. The van der Waals surface area contributed by atoms with Gasteiger partial charge in [-0.25, -0.2) is 8.42 Å². The number of nitrogens with one attached hydrogen (secondary N) is 1. The minimum absolute atomic E-state index is 0.166. The zero-order valence-corrected chi connectivity index (χ0v) is 13.8. The molecule has 3 N–H and O–H groups in total. The highest BCUT2D eigenvalue weighted by molar-refractivity contribution is 7.89. The van der Waals surface area contributed by atoms with Crippen LogP contribution in [0.4, 0.5) is 5.69 Å². The molecule has 0 saturated carbocycles. The Morgan fingerprint density at radius 3 is 2.71 bits per heavy atom. The molecule has 3 rings (SSSR count). The predicted octanol–water partition coefficient (Wildman–Crippen LogP) is 1.65. The van der Waals surface area contributed by atoms with Crippen LogP contribution in [-0.2, 0) is 10.0 Å². The molecule has 2 aromatic rings. The van der Waals surface area contributed by atoms with Crippen molar-refractivity contribution < 1.29 is 17.9 Å². The number of ether oxygens (including phenoxy) is 1. The second-order valence-electron chi connectivity index (χ2n) is 5.29. The fourth-order valence-electron chi connectivity index (χ4n) is 2.49. The topological polar surface area (TPSA) is 102 Å². The van der Waals surface area contributed by atoms with E-state index in [4.69, 9.17) is 10.5 Å². The van der Waals surface area contributed by atoms with Gasteiger partial charge in [0.15, 0.2) is 0 Å². The number of fused-ring (bicyclic) bond motifs is 1. The lowest BCUT2D eigenvalue weighted by Crippen LogP contribution is -2.42. The van der Waals surface area contributed by atoms with Crippen molar-refractivity contribution in [3.63, 3.8) is 0 Å². The third kappa shape index (κ3) is 3.06. The third-order valence-corrected chi connectivity index (χ3v) is 5.16. The fraction of sp³-hybridized carbons (Fsp3) is 0.188. The van der Waals surface area contributed by atoms with Gasteiger partial charge in [-0.15, -0.1) is 0 Å². The van der Waals surface area contributed by atoms with Crippen LogP contribution in [-0.4, -0.2) is 27.5 Å². The van der Waals surface area contributed by atoms with Crippen molar-refractivity contribution in [2.45, 2.75) is 11.8 Å². The highest BCUT2D eigenvalue weighted by Gasteiger charge is 2.27. The number of carbonyl (C=O) groups is 1. The van der Waals surface area contributed by atoms with E-state index in [9.17, 15) is 13.2 Å². The molecule has 1 heterocycles. The van der Waals surface area contributed by atoms with Crippen LogP contribution in [0.3, 0.4) is 0 Å². The number of carbonyl (C=O) groups excluding carboxylic acids is 1. The molecule has 24 heavy (non-hydrogen) atoms. The van der Waals surface area contributed by atoms with Gasteiger partial charge in [-0.05, 0) is 37.3 Å². The average Bonchev–Trinajstić information content (AvgIpc) is 2.56. The van der Waals surface area contributed by atoms with Gasteiger partial charge in [-0.1, -0.05) is 6.07 Å². The minimum Gasteiger partial charge on any atom is -0.457 e. The number of nitrogens with zero attached hydrogens (tertiary/aromatic N) is 1. The van der Waals surface area contributed by atoms with E-state index in [1.807, 2.05) is 11.8 Å². The lowest BCUT2D eigenvalue weighted by Gasteiger charge is -2.30. The van der Waals surface area contributed by atoms with Gasteiger partial charge in [0.1, 0.15) is 16.4 Å². The van der Waals surface area contributed by atoms with Crippen molar-refractivity contribution in [1.82, 2.24) is 4.72 Å². The molecule has 1 aliphatic rings. The number of nitrogens with two attached hydrogens (primary N) is 1. The fourth-order valence-corrected chi connectivity index (χ4v) is 3.72. The van der Waals surface area contributed by atoms with Crippen LogP contribution in [0.1, 0.15) is 17.3 Å². The van der Waals surface area contributed by atoms with Gasteiger partial charge in [0.05, 0.1) is 12.4 Å². The van der Waals surface area contributed by atoms with Crippen molar-refractivity contribution in [2.75, 3.05) is 18.1 Å². The first kappa shape index (κ1) is 16.3. The van der Waals surface area contributed by atoms with E-state index < -0.39 is 15.9 Å². The summed E-state index contributed by atoms with van der Waals surface area (Å²) in [6, 6.07) is 11.3. The maximum atomic E-state index is 12.2. The van der Waals surface area contributed by atoms with Crippen molar-refractivity contribution in [2.24, 2.45) is 5.73 Å². The number of hydrogen-bond donors (Lipinski definition) is 2. The molecule has 1 amide bonds. The van der Waals surface area contributed by atoms with Crippen LogP contribution < -0.4 is 20.1 Å². The molecule has 1 aliphatic heterocycles. The van der Waals surface area contributed by atoms with Crippen LogP contribution in [0.15, 0.2) is 47.4 Å². The second kappa shape index (κ2) is 6.14. The van der Waals surface area contributed by atoms with Crippen LogP contribution in [0, 0.1) is 0 Å². The van der Waals surface area contributed by atoms with Crippen LogP contribution in [0.25, 0.3) is 0 Å². The summed E-state index contributed by atoms with van der Waals surface area (Å²) in [4.78, 5) is 13.3. The number of rotatable bonds is 4. The van der Waals surface area contributed by atoms with Gasteiger partial charge in [0.25, 0.3) is 0 Å². The average molecular weight is 347 g/mol. The second-order valence-corrected chi connectivity index (χ2v) is 7.02. The molecule has 0 radical (unpaired) electrons. The third-order valence-electron chi connectivity index (χ3n) is 3.74. The molecule has 7 nitrogen and oxygen atoms in total.